The van der Waals surface area contributed by atoms with Crippen LogP contribution < -0.4 is 0 Å². The molecule has 0 unspecified atom stereocenters. The Morgan fingerprint density at radius 2 is 1.71 bits per heavy atom. The summed E-state index contributed by atoms with van der Waals surface area (Å²) in [7, 11) is 0. The molecule has 1 aliphatic heterocycles. The molecule has 7 nitrogen and oxygen atoms in total. The number of carbonyl (C=O) groups excluding carboxylic acids is 2. The monoisotopic (exact) mass is 423 g/mol. The molecule has 0 N–H and O–H groups in total. The van der Waals surface area contributed by atoms with Crippen LogP contribution in [0, 0.1) is 26.6 Å². The molecule has 1 aromatic carbocycles. The molecule has 2 aromatic heterocycles. The first-order valence-electron chi connectivity index (χ1n) is 10.5. The molecular weight excluding hydrogens is 397 g/mol. The van der Waals surface area contributed by atoms with Crippen LogP contribution in [-0.4, -0.2) is 62.4 Å². The van der Waals surface area contributed by atoms with Crippen LogP contribution in [0.3, 0.4) is 0 Å². The van der Waals surface area contributed by atoms with Crippen LogP contribution in [0.1, 0.15) is 39.4 Å². The van der Waals surface area contributed by atoms with Gasteiger partial charge in [0.1, 0.15) is 5.82 Å². The third-order valence-electron chi connectivity index (χ3n) is 5.90. The number of hydrogen-bond acceptors (Lipinski definition) is 4. The number of amides is 2. The second-order valence-electron chi connectivity index (χ2n) is 7.97. The quantitative estimate of drug-likeness (QED) is 0.647. The molecule has 0 spiro atoms. The molecule has 3 heterocycles. The molecular formula is C23H26FN5O2. The predicted molar refractivity (Wildman–Crippen MR) is 114 cm³/mol. The number of piperazine rings is 1. The van der Waals surface area contributed by atoms with E-state index in [1.165, 1.54) is 12.1 Å². The van der Waals surface area contributed by atoms with Gasteiger partial charge < -0.3 is 9.80 Å². The van der Waals surface area contributed by atoms with Crippen molar-refractivity contribution in [1.82, 2.24) is 24.4 Å². The minimum atomic E-state index is -0.519. The highest BCUT2D eigenvalue weighted by molar-refractivity contribution is 5.94. The van der Waals surface area contributed by atoms with Crippen molar-refractivity contribution in [2.75, 3.05) is 26.2 Å². The van der Waals surface area contributed by atoms with E-state index in [2.05, 4.69) is 10.1 Å². The number of hydrogen-bond donors (Lipinski definition) is 0. The molecule has 0 saturated carbocycles. The van der Waals surface area contributed by atoms with Gasteiger partial charge in [-0.2, -0.15) is 5.10 Å². The van der Waals surface area contributed by atoms with Gasteiger partial charge in [-0.15, -0.1) is 0 Å². The summed E-state index contributed by atoms with van der Waals surface area (Å²) in [5, 5.41) is 4.48. The first kappa shape index (κ1) is 21.0. The van der Waals surface area contributed by atoms with Crippen molar-refractivity contribution in [3.8, 4) is 0 Å². The Kier molecular flexibility index (Phi) is 5.71. The van der Waals surface area contributed by atoms with Crippen LogP contribution in [0.15, 0.2) is 30.3 Å². The number of nitrogens with zero attached hydrogens (tertiary/aromatic N) is 5. The van der Waals surface area contributed by atoms with Gasteiger partial charge >= 0.3 is 0 Å². The van der Waals surface area contributed by atoms with E-state index in [4.69, 9.17) is 0 Å². The van der Waals surface area contributed by atoms with Gasteiger partial charge in [0, 0.05) is 50.1 Å². The Labute approximate surface area is 180 Å². The Morgan fingerprint density at radius 1 is 1.03 bits per heavy atom. The SMILES string of the molecule is Cc1cc2nc(C)c(CCC(=O)N3CCN(C(=O)c4ccccc4F)CC3)c(C)n2n1. The Balaban J connectivity index is 1.36. The average molecular weight is 423 g/mol. The number of aromatic nitrogens is 3. The van der Waals surface area contributed by atoms with Crippen LogP contribution >= 0.6 is 0 Å². The maximum absolute atomic E-state index is 13.9. The topological polar surface area (TPSA) is 70.8 Å². The van der Waals surface area contributed by atoms with E-state index in [1.54, 1.807) is 21.9 Å². The zero-order chi connectivity index (χ0) is 22.1. The molecule has 4 rings (SSSR count). The molecule has 1 fully saturated rings. The van der Waals surface area contributed by atoms with Crippen molar-refractivity contribution in [2.45, 2.75) is 33.6 Å². The molecule has 31 heavy (non-hydrogen) atoms. The molecule has 1 aliphatic rings. The fourth-order valence-corrected chi connectivity index (χ4v) is 4.16. The number of benzene rings is 1. The van der Waals surface area contributed by atoms with Gasteiger partial charge in [-0.3, -0.25) is 9.59 Å². The minimum Gasteiger partial charge on any atom is -0.339 e. The van der Waals surface area contributed by atoms with Gasteiger partial charge in [-0.1, -0.05) is 12.1 Å². The van der Waals surface area contributed by atoms with Crippen molar-refractivity contribution < 1.29 is 14.0 Å². The maximum Gasteiger partial charge on any atom is 0.256 e. The summed E-state index contributed by atoms with van der Waals surface area (Å²) in [6.45, 7) is 7.60. The summed E-state index contributed by atoms with van der Waals surface area (Å²) >= 11 is 0. The summed E-state index contributed by atoms with van der Waals surface area (Å²) in [4.78, 5) is 33.3. The fourth-order valence-electron chi connectivity index (χ4n) is 4.16. The van der Waals surface area contributed by atoms with Crippen LogP contribution in [0.25, 0.3) is 5.65 Å². The number of fused-ring (bicyclic) bond motifs is 1. The highest BCUT2D eigenvalue weighted by Gasteiger charge is 2.26. The number of carbonyl (C=O) groups is 2. The number of rotatable bonds is 4. The van der Waals surface area contributed by atoms with E-state index in [-0.39, 0.29) is 17.4 Å². The lowest BCUT2D eigenvalue weighted by molar-refractivity contribution is -0.132. The Hall–Kier alpha value is -3.29. The highest BCUT2D eigenvalue weighted by Crippen LogP contribution is 2.18. The van der Waals surface area contributed by atoms with Gasteiger partial charge in [0.25, 0.3) is 5.91 Å². The molecule has 3 aromatic rings. The van der Waals surface area contributed by atoms with Gasteiger partial charge in [-0.05, 0) is 44.9 Å². The zero-order valence-electron chi connectivity index (χ0n) is 18.1. The summed E-state index contributed by atoms with van der Waals surface area (Å²) in [5.41, 5.74) is 4.76. The lowest BCUT2D eigenvalue weighted by Crippen LogP contribution is -2.50. The minimum absolute atomic E-state index is 0.0496. The van der Waals surface area contributed by atoms with Crippen LogP contribution in [0.4, 0.5) is 4.39 Å². The lowest BCUT2D eigenvalue weighted by atomic mass is 10.1. The van der Waals surface area contributed by atoms with Crippen LogP contribution in [-0.2, 0) is 11.2 Å². The van der Waals surface area contributed by atoms with E-state index >= 15 is 0 Å². The molecule has 162 valence electrons. The van der Waals surface area contributed by atoms with E-state index in [9.17, 15) is 14.0 Å². The highest BCUT2D eigenvalue weighted by atomic mass is 19.1. The van der Waals surface area contributed by atoms with E-state index in [0.717, 1.165) is 28.3 Å². The fraction of sp³-hybridized carbons (Fsp3) is 0.391. The Morgan fingerprint density at radius 3 is 2.42 bits per heavy atom. The van der Waals surface area contributed by atoms with E-state index in [1.807, 2.05) is 31.4 Å². The number of aryl methyl sites for hydroxylation is 3. The van der Waals surface area contributed by atoms with Crippen molar-refractivity contribution in [2.24, 2.45) is 0 Å². The summed E-state index contributed by atoms with van der Waals surface area (Å²) in [6.07, 6.45) is 0.961. The third-order valence-corrected chi connectivity index (χ3v) is 5.90. The smallest absolute Gasteiger partial charge is 0.256 e. The van der Waals surface area contributed by atoms with Crippen molar-refractivity contribution in [3.63, 3.8) is 0 Å². The molecule has 2 amide bonds. The normalized spacial score (nSPS) is 14.3. The summed E-state index contributed by atoms with van der Waals surface area (Å²) in [6, 6.07) is 7.93. The van der Waals surface area contributed by atoms with Gasteiger partial charge in [0.05, 0.1) is 11.3 Å². The third kappa shape index (κ3) is 4.15. The van der Waals surface area contributed by atoms with Crippen molar-refractivity contribution in [3.05, 3.63) is 64.4 Å². The molecule has 0 bridgehead atoms. The standard InChI is InChI=1S/C23H26FN5O2/c1-15-14-21-25-16(2)18(17(3)29(21)26-15)8-9-22(30)27-10-12-28(13-11-27)23(31)19-6-4-5-7-20(19)24/h4-7,14H,8-13H2,1-3H3. The predicted octanol–water partition coefficient (Wildman–Crippen LogP) is 2.71. The second kappa shape index (κ2) is 8.45. The second-order valence-corrected chi connectivity index (χ2v) is 7.97. The number of halogens is 1. The summed E-state index contributed by atoms with van der Waals surface area (Å²) in [5.74, 6) is -0.798. The zero-order valence-corrected chi connectivity index (χ0v) is 18.1. The first-order chi connectivity index (χ1) is 14.8. The van der Waals surface area contributed by atoms with E-state index in [0.29, 0.717) is 39.0 Å². The molecule has 8 heteroatoms. The van der Waals surface area contributed by atoms with Crippen LogP contribution in [0.2, 0.25) is 0 Å². The molecule has 0 radical (unpaired) electrons. The molecule has 0 atom stereocenters. The lowest BCUT2D eigenvalue weighted by Gasteiger charge is -2.35. The van der Waals surface area contributed by atoms with Crippen molar-refractivity contribution in [1.29, 1.82) is 0 Å². The van der Waals surface area contributed by atoms with E-state index < -0.39 is 5.82 Å². The Bertz CT molecular complexity index is 1150. The maximum atomic E-state index is 13.9. The molecule has 1 saturated heterocycles. The van der Waals surface area contributed by atoms with Crippen LogP contribution in [0.5, 0.6) is 0 Å². The largest absolute Gasteiger partial charge is 0.339 e. The average Bonchev–Trinajstić information content (AvgIpc) is 3.13. The van der Waals surface area contributed by atoms with Gasteiger partial charge in [-0.25, -0.2) is 13.9 Å². The molecule has 0 aliphatic carbocycles. The first-order valence-corrected chi connectivity index (χ1v) is 10.5. The van der Waals surface area contributed by atoms with Crippen molar-refractivity contribution >= 4 is 17.5 Å². The van der Waals surface area contributed by atoms with Gasteiger partial charge in [0.2, 0.25) is 5.91 Å². The summed E-state index contributed by atoms with van der Waals surface area (Å²) < 4.78 is 15.7. The van der Waals surface area contributed by atoms with Gasteiger partial charge in [0.15, 0.2) is 5.65 Å².